The van der Waals surface area contributed by atoms with Crippen molar-refractivity contribution in [2.75, 3.05) is 0 Å². The Kier molecular flexibility index (Phi) is 6.91. The van der Waals surface area contributed by atoms with Gasteiger partial charge in [0.05, 0.1) is 0 Å². The average molecular weight is 430 g/mol. The second kappa shape index (κ2) is 9.60. The van der Waals surface area contributed by atoms with Gasteiger partial charge in [0, 0.05) is 12.1 Å². The van der Waals surface area contributed by atoms with Crippen molar-refractivity contribution in [2.45, 2.75) is 23.9 Å². The normalized spacial score (nSPS) is 12.3. The molecule has 0 saturated heterocycles. The summed E-state index contributed by atoms with van der Waals surface area (Å²) >= 11 is 0. The molecule has 0 saturated carbocycles. The fourth-order valence-corrected chi connectivity index (χ4v) is 4.17. The Labute approximate surface area is 173 Å². The van der Waals surface area contributed by atoms with Crippen molar-refractivity contribution < 1.29 is 22.0 Å². The average Bonchev–Trinajstić information content (AvgIpc) is 2.73. The molecule has 5 nitrogen and oxygen atoms in total. The van der Waals surface area contributed by atoms with Crippen LogP contribution in [0.25, 0.3) is 0 Å². The van der Waals surface area contributed by atoms with Gasteiger partial charge in [-0.2, -0.15) is 4.72 Å². The van der Waals surface area contributed by atoms with E-state index in [9.17, 15) is 22.0 Å². The summed E-state index contributed by atoms with van der Waals surface area (Å²) in [7, 11) is -4.31. The summed E-state index contributed by atoms with van der Waals surface area (Å²) in [5.74, 6) is -2.05. The number of hydrogen-bond acceptors (Lipinski definition) is 3. The highest BCUT2D eigenvalue weighted by molar-refractivity contribution is 7.89. The maximum atomic E-state index is 14.0. The van der Waals surface area contributed by atoms with E-state index in [1.807, 2.05) is 0 Å². The fraction of sp³-hybridized carbons (Fsp3) is 0.136. The standard InChI is InChI=1S/C22H20F2N2O3S/c23-18-11-5-4-10-17(18)15-25-22(27)20(14-16-8-2-1-3-9-16)26-30(28,29)21-13-7-6-12-19(21)24/h1-13,20,26H,14-15H2,(H,25,27). The molecule has 0 aliphatic rings. The summed E-state index contributed by atoms with van der Waals surface area (Å²) in [4.78, 5) is 12.2. The van der Waals surface area contributed by atoms with Crippen LogP contribution in [-0.2, 0) is 27.8 Å². The monoisotopic (exact) mass is 430 g/mol. The molecular formula is C22H20F2N2O3S. The molecule has 0 heterocycles. The number of carbonyl (C=O) groups is 1. The summed E-state index contributed by atoms with van der Waals surface area (Å²) in [6.45, 7) is -0.113. The van der Waals surface area contributed by atoms with Crippen LogP contribution in [0.2, 0.25) is 0 Å². The zero-order valence-electron chi connectivity index (χ0n) is 15.9. The van der Waals surface area contributed by atoms with Gasteiger partial charge in [-0.3, -0.25) is 4.79 Å². The Bertz CT molecular complexity index is 1120. The molecule has 3 aromatic carbocycles. The van der Waals surface area contributed by atoms with Crippen LogP contribution < -0.4 is 10.0 Å². The highest BCUT2D eigenvalue weighted by atomic mass is 32.2. The van der Waals surface area contributed by atoms with E-state index in [1.165, 1.54) is 30.3 Å². The Balaban J connectivity index is 1.82. The van der Waals surface area contributed by atoms with Crippen molar-refractivity contribution in [1.82, 2.24) is 10.0 Å². The predicted molar refractivity (Wildman–Crippen MR) is 109 cm³/mol. The Morgan fingerprint density at radius 3 is 2.10 bits per heavy atom. The highest BCUT2D eigenvalue weighted by Crippen LogP contribution is 2.15. The van der Waals surface area contributed by atoms with E-state index in [0.717, 1.165) is 12.1 Å². The quantitative estimate of drug-likeness (QED) is 0.577. The minimum atomic E-state index is -4.31. The molecule has 0 aliphatic carbocycles. The summed E-state index contributed by atoms with van der Waals surface area (Å²) in [5, 5.41) is 2.55. The topological polar surface area (TPSA) is 75.3 Å². The summed E-state index contributed by atoms with van der Waals surface area (Å²) in [6, 6.07) is 18.4. The number of nitrogens with one attached hydrogen (secondary N) is 2. The predicted octanol–water partition coefficient (Wildman–Crippen LogP) is 3.17. The van der Waals surface area contributed by atoms with Gasteiger partial charge in [0.1, 0.15) is 22.6 Å². The van der Waals surface area contributed by atoms with E-state index in [2.05, 4.69) is 10.0 Å². The van der Waals surface area contributed by atoms with E-state index in [-0.39, 0.29) is 18.5 Å². The third-order valence-corrected chi connectivity index (χ3v) is 5.94. The number of amides is 1. The van der Waals surface area contributed by atoms with E-state index in [4.69, 9.17) is 0 Å². The molecule has 3 rings (SSSR count). The van der Waals surface area contributed by atoms with Crippen molar-refractivity contribution in [2.24, 2.45) is 0 Å². The number of rotatable bonds is 8. The maximum absolute atomic E-state index is 14.0. The van der Waals surface area contributed by atoms with Crippen LogP contribution in [0.15, 0.2) is 83.8 Å². The molecule has 156 valence electrons. The van der Waals surface area contributed by atoms with E-state index in [1.54, 1.807) is 36.4 Å². The lowest BCUT2D eigenvalue weighted by Crippen LogP contribution is -2.47. The molecule has 1 atom stereocenters. The largest absolute Gasteiger partial charge is 0.351 e. The summed E-state index contributed by atoms with van der Waals surface area (Å²) in [5.41, 5.74) is 0.973. The van der Waals surface area contributed by atoms with Crippen LogP contribution in [0.5, 0.6) is 0 Å². The lowest BCUT2D eigenvalue weighted by molar-refractivity contribution is -0.122. The third-order valence-electron chi connectivity index (χ3n) is 4.43. The minimum absolute atomic E-state index is 0.0393. The molecule has 3 aromatic rings. The van der Waals surface area contributed by atoms with Crippen LogP contribution in [0.4, 0.5) is 8.78 Å². The number of carbonyl (C=O) groups excluding carboxylic acids is 1. The number of sulfonamides is 1. The molecular weight excluding hydrogens is 410 g/mol. The van der Waals surface area contributed by atoms with Crippen LogP contribution in [0, 0.1) is 11.6 Å². The van der Waals surface area contributed by atoms with Crippen LogP contribution in [-0.4, -0.2) is 20.4 Å². The van der Waals surface area contributed by atoms with Crippen molar-refractivity contribution in [3.05, 3.63) is 102 Å². The lowest BCUT2D eigenvalue weighted by Gasteiger charge is -2.19. The smallest absolute Gasteiger partial charge is 0.244 e. The van der Waals surface area contributed by atoms with Gasteiger partial charge < -0.3 is 5.32 Å². The van der Waals surface area contributed by atoms with Crippen molar-refractivity contribution in [1.29, 1.82) is 0 Å². The van der Waals surface area contributed by atoms with Gasteiger partial charge in [-0.05, 0) is 30.2 Å². The van der Waals surface area contributed by atoms with E-state index in [0.29, 0.717) is 5.56 Å². The fourth-order valence-electron chi connectivity index (χ4n) is 2.90. The zero-order valence-corrected chi connectivity index (χ0v) is 16.7. The summed E-state index contributed by atoms with van der Waals surface area (Å²) < 4.78 is 55.5. The molecule has 8 heteroatoms. The lowest BCUT2D eigenvalue weighted by atomic mass is 10.1. The first-order valence-corrected chi connectivity index (χ1v) is 10.7. The Morgan fingerprint density at radius 2 is 1.43 bits per heavy atom. The minimum Gasteiger partial charge on any atom is -0.351 e. The number of hydrogen-bond donors (Lipinski definition) is 2. The molecule has 0 aromatic heterocycles. The first kappa shape index (κ1) is 21.6. The molecule has 0 spiro atoms. The molecule has 0 radical (unpaired) electrons. The van der Waals surface area contributed by atoms with Crippen LogP contribution in [0.1, 0.15) is 11.1 Å². The highest BCUT2D eigenvalue weighted by Gasteiger charge is 2.27. The third kappa shape index (κ3) is 5.49. The molecule has 0 fully saturated rings. The van der Waals surface area contributed by atoms with E-state index >= 15 is 0 Å². The molecule has 1 unspecified atom stereocenters. The summed E-state index contributed by atoms with van der Waals surface area (Å²) in [6.07, 6.45) is 0.0393. The Morgan fingerprint density at radius 1 is 0.833 bits per heavy atom. The van der Waals surface area contributed by atoms with Crippen molar-refractivity contribution >= 4 is 15.9 Å². The van der Waals surface area contributed by atoms with Gasteiger partial charge in [0.15, 0.2) is 0 Å². The SMILES string of the molecule is O=C(NCc1ccccc1F)C(Cc1ccccc1)NS(=O)(=O)c1ccccc1F. The molecule has 0 bridgehead atoms. The molecule has 0 aliphatic heterocycles. The Hall–Kier alpha value is -3.10. The van der Waals surface area contributed by atoms with Gasteiger partial charge >= 0.3 is 0 Å². The molecule has 2 N–H and O–H groups in total. The van der Waals surface area contributed by atoms with Gasteiger partial charge in [-0.1, -0.05) is 60.7 Å². The van der Waals surface area contributed by atoms with E-state index < -0.39 is 38.5 Å². The second-order valence-corrected chi connectivity index (χ2v) is 8.29. The maximum Gasteiger partial charge on any atom is 0.244 e. The van der Waals surface area contributed by atoms with Gasteiger partial charge in [0.2, 0.25) is 15.9 Å². The molecule has 30 heavy (non-hydrogen) atoms. The number of benzene rings is 3. The van der Waals surface area contributed by atoms with Crippen LogP contribution in [0.3, 0.4) is 0 Å². The number of halogens is 2. The van der Waals surface area contributed by atoms with Gasteiger partial charge in [0.25, 0.3) is 0 Å². The van der Waals surface area contributed by atoms with Crippen LogP contribution >= 0.6 is 0 Å². The van der Waals surface area contributed by atoms with Gasteiger partial charge in [-0.15, -0.1) is 0 Å². The first-order chi connectivity index (χ1) is 14.4. The second-order valence-electron chi connectivity index (χ2n) is 6.60. The zero-order chi connectivity index (χ0) is 21.6. The first-order valence-electron chi connectivity index (χ1n) is 9.19. The van der Waals surface area contributed by atoms with Crippen molar-refractivity contribution in [3.63, 3.8) is 0 Å². The van der Waals surface area contributed by atoms with Gasteiger partial charge in [-0.25, -0.2) is 17.2 Å². The molecule has 1 amide bonds. The van der Waals surface area contributed by atoms with Crippen molar-refractivity contribution in [3.8, 4) is 0 Å².